The maximum Gasteiger partial charge on any atom is 0.124 e. The van der Waals surface area contributed by atoms with E-state index in [-0.39, 0.29) is 0 Å². The number of nitrogens with one attached hydrogen (secondary N) is 1. The third-order valence-electron chi connectivity index (χ3n) is 6.20. The Labute approximate surface area is 194 Å². The lowest BCUT2D eigenvalue weighted by molar-refractivity contribution is 0.415. The molecule has 1 N–H and O–H groups in total. The zero-order valence-corrected chi connectivity index (χ0v) is 19.1. The van der Waals surface area contributed by atoms with Gasteiger partial charge in [0.15, 0.2) is 0 Å². The summed E-state index contributed by atoms with van der Waals surface area (Å²) in [5.74, 6) is 0.855. The zero-order valence-electron chi connectivity index (χ0n) is 18.3. The molecule has 162 valence electrons. The maximum absolute atomic E-state index is 5.92. The molecule has 0 unspecified atom stereocenters. The van der Waals surface area contributed by atoms with Crippen LogP contribution in [0.5, 0.6) is 5.75 Å². The van der Waals surface area contributed by atoms with Crippen molar-refractivity contribution in [3.05, 3.63) is 84.7 Å². The van der Waals surface area contributed by atoms with Gasteiger partial charge in [-0.3, -0.25) is 4.40 Å². The molecule has 0 fully saturated rings. The Morgan fingerprint density at radius 2 is 1.88 bits per heavy atom. The number of methoxy groups -OCH3 is 1. The van der Waals surface area contributed by atoms with Crippen LogP contribution in [0.4, 0.5) is 0 Å². The van der Waals surface area contributed by atoms with Crippen molar-refractivity contribution >= 4 is 22.9 Å². The van der Waals surface area contributed by atoms with Crippen LogP contribution in [0.1, 0.15) is 24.1 Å². The van der Waals surface area contributed by atoms with Crippen LogP contribution < -0.4 is 10.1 Å². The van der Waals surface area contributed by atoms with Gasteiger partial charge in [0.05, 0.1) is 18.5 Å². The van der Waals surface area contributed by atoms with Gasteiger partial charge in [0, 0.05) is 30.4 Å². The van der Waals surface area contributed by atoms with E-state index in [4.69, 9.17) is 17.0 Å². The number of rotatable bonds is 6. The predicted molar refractivity (Wildman–Crippen MR) is 136 cm³/mol. The van der Waals surface area contributed by atoms with Crippen LogP contribution in [-0.2, 0) is 13.0 Å². The molecule has 5 heteroatoms. The first-order chi connectivity index (χ1) is 15.7. The van der Waals surface area contributed by atoms with Gasteiger partial charge in [-0.25, -0.2) is 0 Å². The normalized spacial score (nSPS) is 13.0. The summed E-state index contributed by atoms with van der Waals surface area (Å²) in [6.07, 6.45) is 7.45. The van der Waals surface area contributed by atoms with Crippen LogP contribution in [0.2, 0.25) is 0 Å². The van der Waals surface area contributed by atoms with Gasteiger partial charge in [-0.2, -0.15) is 0 Å². The minimum Gasteiger partial charge on any atom is -0.497 e. The summed E-state index contributed by atoms with van der Waals surface area (Å²) in [5, 5.41) is 3.37. The van der Waals surface area contributed by atoms with Crippen molar-refractivity contribution in [3.8, 4) is 28.1 Å². The molecule has 5 rings (SSSR count). The third-order valence-corrected chi connectivity index (χ3v) is 6.54. The van der Waals surface area contributed by atoms with Crippen molar-refractivity contribution in [3.63, 3.8) is 0 Å². The predicted octanol–water partition coefficient (Wildman–Crippen LogP) is 5.87. The Hall–Kier alpha value is -3.31. The highest BCUT2D eigenvalue weighted by molar-refractivity contribution is 7.80. The van der Waals surface area contributed by atoms with E-state index < -0.39 is 0 Å². The van der Waals surface area contributed by atoms with Crippen LogP contribution in [0, 0.1) is 0 Å². The number of hydrogen-bond donors (Lipinski definition) is 1. The zero-order chi connectivity index (χ0) is 22.1. The number of aromatic nitrogens is 2. The fraction of sp³-hybridized carbons (Fsp3) is 0.222. The van der Waals surface area contributed by atoms with Crippen LogP contribution in [-0.4, -0.2) is 27.6 Å². The topological polar surface area (TPSA) is 30.6 Å². The molecule has 2 aromatic heterocycles. The van der Waals surface area contributed by atoms with Gasteiger partial charge >= 0.3 is 0 Å². The molecule has 0 atom stereocenters. The van der Waals surface area contributed by atoms with Gasteiger partial charge < -0.3 is 14.6 Å². The number of imidazole rings is 1. The third kappa shape index (κ3) is 3.43. The lowest BCUT2D eigenvalue weighted by atomic mass is 9.98. The fourth-order valence-corrected chi connectivity index (χ4v) is 5.05. The van der Waals surface area contributed by atoms with Crippen LogP contribution in [0.15, 0.2) is 73.4 Å². The van der Waals surface area contributed by atoms with Crippen molar-refractivity contribution < 1.29 is 4.74 Å². The molecular formula is C27H27N3OS. The summed E-state index contributed by atoms with van der Waals surface area (Å²) >= 11 is 5.92. The van der Waals surface area contributed by atoms with Gasteiger partial charge in [0.1, 0.15) is 16.4 Å². The molecule has 1 aliphatic heterocycles. The standard InChI is InChI=1S/C27H27N3OS/c1-3-16-28-26(32)25-24(20-12-14-21(31-2)15-13-20)22-11-7-8-17-29-23(18-30(25)27(22)29)19-9-5-4-6-10-19/h3-6,9-10,12-15,18H,1,7-8,11,16-17H2,2H3,(H,28,32). The van der Waals surface area contributed by atoms with Gasteiger partial charge in [0.25, 0.3) is 0 Å². The Bertz CT molecular complexity index is 1280. The first-order valence-electron chi connectivity index (χ1n) is 11.1. The number of nitrogens with zero attached hydrogens (tertiary/aromatic N) is 2. The van der Waals surface area contributed by atoms with E-state index in [1.54, 1.807) is 7.11 Å². The van der Waals surface area contributed by atoms with Gasteiger partial charge in [-0.15, -0.1) is 6.58 Å². The summed E-state index contributed by atoms with van der Waals surface area (Å²) in [5.41, 5.74) is 8.52. The number of thiocarbonyl (C=S) groups is 1. The average Bonchev–Trinajstić information content (AvgIpc) is 3.26. The molecule has 0 spiro atoms. The fourth-order valence-electron chi connectivity index (χ4n) is 4.77. The van der Waals surface area contributed by atoms with Crippen LogP contribution in [0.25, 0.3) is 28.0 Å². The maximum atomic E-state index is 5.92. The second-order valence-electron chi connectivity index (χ2n) is 8.11. The minimum absolute atomic E-state index is 0.635. The Morgan fingerprint density at radius 3 is 2.59 bits per heavy atom. The molecule has 4 nitrogen and oxygen atoms in total. The van der Waals surface area contributed by atoms with Crippen LogP contribution in [0.3, 0.4) is 0 Å². The molecule has 0 amide bonds. The summed E-state index contributed by atoms with van der Waals surface area (Å²) in [6, 6.07) is 18.9. The van der Waals surface area contributed by atoms with Gasteiger partial charge in [-0.1, -0.05) is 60.8 Å². The Balaban J connectivity index is 1.80. The van der Waals surface area contributed by atoms with Crippen molar-refractivity contribution in [2.45, 2.75) is 25.8 Å². The average molecular weight is 442 g/mol. The highest BCUT2D eigenvalue weighted by Crippen LogP contribution is 2.39. The molecule has 0 saturated carbocycles. The van der Waals surface area contributed by atoms with E-state index in [0.717, 1.165) is 47.8 Å². The van der Waals surface area contributed by atoms with Gasteiger partial charge in [-0.05, 0) is 42.5 Å². The summed E-state index contributed by atoms with van der Waals surface area (Å²) in [6.45, 7) is 5.48. The molecule has 2 aromatic carbocycles. The monoisotopic (exact) mass is 441 g/mol. The highest BCUT2D eigenvalue weighted by Gasteiger charge is 2.28. The van der Waals surface area contributed by atoms with Crippen molar-refractivity contribution in [2.24, 2.45) is 0 Å². The number of ether oxygens (including phenoxy) is 1. The highest BCUT2D eigenvalue weighted by atomic mass is 32.1. The molecule has 0 saturated heterocycles. The van der Waals surface area contributed by atoms with E-state index in [1.807, 2.05) is 18.2 Å². The molecule has 0 aliphatic carbocycles. The van der Waals surface area contributed by atoms with E-state index in [9.17, 15) is 0 Å². The summed E-state index contributed by atoms with van der Waals surface area (Å²) < 4.78 is 10.2. The van der Waals surface area contributed by atoms with Crippen molar-refractivity contribution in [1.29, 1.82) is 0 Å². The first kappa shape index (κ1) is 20.6. The van der Waals surface area contributed by atoms with E-state index >= 15 is 0 Å². The van der Waals surface area contributed by atoms with Crippen molar-refractivity contribution in [2.75, 3.05) is 13.7 Å². The molecule has 3 heterocycles. The lowest BCUT2D eigenvalue weighted by Gasteiger charge is -2.12. The molecule has 4 aromatic rings. The number of benzene rings is 2. The van der Waals surface area contributed by atoms with Gasteiger partial charge in [0.2, 0.25) is 0 Å². The van der Waals surface area contributed by atoms with E-state index in [0.29, 0.717) is 6.54 Å². The largest absolute Gasteiger partial charge is 0.497 e. The quantitative estimate of drug-likeness (QED) is 0.300. The molecule has 0 bridgehead atoms. The summed E-state index contributed by atoms with van der Waals surface area (Å²) in [7, 11) is 1.70. The van der Waals surface area contributed by atoms with Crippen LogP contribution >= 0.6 is 12.2 Å². The van der Waals surface area contributed by atoms with E-state index in [2.05, 4.69) is 69.5 Å². The first-order valence-corrected chi connectivity index (χ1v) is 11.5. The second kappa shape index (κ2) is 8.67. The SMILES string of the molecule is C=CCNC(=S)c1c(-c2ccc(OC)cc2)c2c3n(c(-c4ccccc4)cn13)CCCC2. The minimum atomic E-state index is 0.635. The second-order valence-corrected chi connectivity index (χ2v) is 8.52. The number of hydrogen-bond acceptors (Lipinski definition) is 2. The van der Waals surface area contributed by atoms with E-state index in [1.165, 1.54) is 28.0 Å². The smallest absolute Gasteiger partial charge is 0.124 e. The molecule has 1 aliphatic rings. The van der Waals surface area contributed by atoms with Crippen molar-refractivity contribution in [1.82, 2.24) is 14.3 Å². The Morgan fingerprint density at radius 1 is 1.09 bits per heavy atom. The Kier molecular flexibility index (Phi) is 5.58. The molecule has 0 radical (unpaired) electrons. The summed E-state index contributed by atoms with van der Waals surface area (Å²) in [4.78, 5) is 0.745. The lowest BCUT2D eigenvalue weighted by Crippen LogP contribution is -2.24. The number of aryl methyl sites for hydroxylation is 2. The molecular weight excluding hydrogens is 414 g/mol. The molecule has 32 heavy (non-hydrogen) atoms.